The molecule has 22 heavy (non-hydrogen) atoms. The lowest BCUT2D eigenvalue weighted by atomic mass is 10.1. The van der Waals surface area contributed by atoms with Gasteiger partial charge in [0.1, 0.15) is 11.1 Å². The normalized spacial score (nSPS) is 9.86. The fourth-order valence-electron chi connectivity index (χ4n) is 1.82. The van der Waals surface area contributed by atoms with Crippen molar-refractivity contribution in [3.8, 4) is 11.8 Å². The van der Waals surface area contributed by atoms with Gasteiger partial charge in [-0.25, -0.2) is 9.59 Å². The molecule has 0 aliphatic rings. The summed E-state index contributed by atoms with van der Waals surface area (Å²) in [6, 6.07) is 6.17. The number of fused-ring (bicyclic) bond motifs is 1. The van der Waals surface area contributed by atoms with E-state index < -0.39 is 17.2 Å². The van der Waals surface area contributed by atoms with Gasteiger partial charge in [-0.3, -0.25) is 4.79 Å². The lowest BCUT2D eigenvalue weighted by Gasteiger charge is -1.99. The molecular weight excluding hydrogens is 286 g/mol. The number of hydrogen-bond donors (Lipinski definition) is 2. The van der Waals surface area contributed by atoms with E-state index in [2.05, 4.69) is 17.2 Å². The van der Waals surface area contributed by atoms with Crippen LogP contribution in [0.2, 0.25) is 0 Å². The molecule has 112 valence electrons. The molecule has 0 fully saturated rings. The average molecular weight is 299 g/mol. The van der Waals surface area contributed by atoms with Crippen LogP contribution in [0.3, 0.4) is 0 Å². The molecule has 1 amide bonds. The van der Waals surface area contributed by atoms with Crippen molar-refractivity contribution in [3.63, 3.8) is 0 Å². The lowest BCUT2D eigenvalue weighted by Crippen LogP contribution is -2.20. The van der Waals surface area contributed by atoms with Crippen LogP contribution >= 0.6 is 0 Å². The van der Waals surface area contributed by atoms with E-state index in [4.69, 9.17) is 9.52 Å². The van der Waals surface area contributed by atoms with E-state index in [1.807, 2.05) is 0 Å². The minimum Gasteiger partial charge on any atom is -0.477 e. The van der Waals surface area contributed by atoms with Gasteiger partial charge >= 0.3 is 11.6 Å². The van der Waals surface area contributed by atoms with Crippen LogP contribution in [0.5, 0.6) is 0 Å². The highest BCUT2D eigenvalue weighted by Crippen LogP contribution is 2.15. The number of hydrogen-bond acceptors (Lipinski definition) is 4. The number of carboxylic acids is 1. The second-order valence-corrected chi connectivity index (χ2v) is 4.54. The Kier molecular flexibility index (Phi) is 4.59. The first-order valence-corrected chi connectivity index (χ1v) is 6.52. The molecule has 2 aromatic rings. The van der Waals surface area contributed by atoms with Gasteiger partial charge < -0.3 is 14.8 Å². The zero-order valence-corrected chi connectivity index (χ0v) is 11.8. The van der Waals surface area contributed by atoms with Crippen LogP contribution in [0, 0.1) is 11.8 Å². The zero-order chi connectivity index (χ0) is 16.1. The molecule has 0 saturated heterocycles. The SMILES string of the molecule is CC(=O)NCCC#Cc1ccc2oc(=O)c(C(=O)O)cc2c1. The van der Waals surface area contributed by atoms with Gasteiger partial charge in [0.15, 0.2) is 0 Å². The summed E-state index contributed by atoms with van der Waals surface area (Å²) in [6.45, 7) is 1.90. The average Bonchev–Trinajstić information content (AvgIpc) is 2.45. The molecule has 0 radical (unpaired) electrons. The Hall–Kier alpha value is -3.07. The lowest BCUT2D eigenvalue weighted by molar-refractivity contribution is -0.118. The first kappa shape index (κ1) is 15.3. The van der Waals surface area contributed by atoms with Gasteiger partial charge in [0.25, 0.3) is 0 Å². The quantitative estimate of drug-likeness (QED) is 0.507. The Morgan fingerprint density at radius 2 is 2.09 bits per heavy atom. The van der Waals surface area contributed by atoms with Crippen molar-refractivity contribution in [2.45, 2.75) is 13.3 Å². The van der Waals surface area contributed by atoms with Gasteiger partial charge in [-0.05, 0) is 24.3 Å². The number of nitrogens with one attached hydrogen (secondary N) is 1. The summed E-state index contributed by atoms with van der Waals surface area (Å²) in [6.07, 6.45) is 0.502. The summed E-state index contributed by atoms with van der Waals surface area (Å²) in [5, 5.41) is 12.0. The first-order valence-electron chi connectivity index (χ1n) is 6.52. The molecule has 2 N–H and O–H groups in total. The molecule has 6 nitrogen and oxygen atoms in total. The van der Waals surface area contributed by atoms with E-state index in [9.17, 15) is 14.4 Å². The molecule has 0 atom stereocenters. The second kappa shape index (κ2) is 6.59. The predicted octanol–water partition coefficient (Wildman–Crippen LogP) is 1.37. The molecule has 6 heteroatoms. The van der Waals surface area contributed by atoms with Gasteiger partial charge in [0.05, 0.1) is 0 Å². The smallest absolute Gasteiger partial charge is 0.351 e. The van der Waals surface area contributed by atoms with Crippen LogP contribution < -0.4 is 10.9 Å². The van der Waals surface area contributed by atoms with Crippen molar-refractivity contribution >= 4 is 22.8 Å². The molecule has 2 rings (SSSR count). The van der Waals surface area contributed by atoms with Crippen LogP contribution in [0.15, 0.2) is 33.5 Å². The van der Waals surface area contributed by atoms with Gasteiger partial charge in [0, 0.05) is 30.8 Å². The minimum absolute atomic E-state index is 0.108. The van der Waals surface area contributed by atoms with Crippen LogP contribution in [0.25, 0.3) is 11.0 Å². The maximum absolute atomic E-state index is 11.4. The highest BCUT2D eigenvalue weighted by atomic mass is 16.4. The summed E-state index contributed by atoms with van der Waals surface area (Å²) in [7, 11) is 0. The number of carbonyl (C=O) groups is 2. The van der Waals surface area contributed by atoms with Crippen LogP contribution in [0.4, 0.5) is 0 Å². The summed E-state index contributed by atoms with van der Waals surface area (Å²) >= 11 is 0. The van der Waals surface area contributed by atoms with E-state index in [0.29, 0.717) is 29.5 Å². The fourth-order valence-corrected chi connectivity index (χ4v) is 1.82. The number of benzene rings is 1. The molecule has 0 aliphatic carbocycles. The number of rotatable bonds is 3. The molecule has 0 saturated carbocycles. The van der Waals surface area contributed by atoms with Gasteiger partial charge in [-0.2, -0.15) is 0 Å². The molecule has 0 spiro atoms. The minimum atomic E-state index is -1.33. The van der Waals surface area contributed by atoms with E-state index in [1.165, 1.54) is 13.0 Å². The summed E-state index contributed by atoms with van der Waals surface area (Å²) in [5.41, 5.74) is -0.322. The molecule has 1 heterocycles. The van der Waals surface area contributed by atoms with Crippen LogP contribution in [-0.4, -0.2) is 23.5 Å². The molecular formula is C16H13NO5. The van der Waals surface area contributed by atoms with Crippen molar-refractivity contribution in [1.82, 2.24) is 5.32 Å². The van der Waals surface area contributed by atoms with Crippen molar-refractivity contribution < 1.29 is 19.1 Å². The highest BCUT2D eigenvalue weighted by Gasteiger charge is 2.11. The van der Waals surface area contributed by atoms with Gasteiger partial charge in [-0.15, -0.1) is 0 Å². The van der Waals surface area contributed by atoms with Crippen molar-refractivity contribution in [1.29, 1.82) is 0 Å². The second-order valence-electron chi connectivity index (χ2n) is 4.54. The Morgan fingerprint density at radius 1 is 1.32 bits per heavy atom. The molecule has 0 unspecified atom stereocenters. The van der Waals surface area contributed by atoms with Crippen LogP contribution in [-0.2, 0) is 4.79 Å². The number of aromatic carboxylic acids is 1. The topological polar surface area (TPSA) is 96.6 Å². The summed E-state index contributed by atoms with van der Waals surface area (Å²) in [4.78, 5) is 33.1. The standard InChI is InChI=1S/C16H13NO5/c1-10(18)17-7-3-2-4-11-5-6-14-12(8-11)9-13(15(19)20)16(21)22-14/h5-6,8-9H,3,7H2,1H3,(H,17,18)(H,19,20). The number of carboxylic acid groups (broad SMARTS) is 1. The summed E-state index contributed by atoms with van der Waals surface area (Å²) < 4.78 is 4.95. The van der Waals surface area contributed by atoms with Gasteiger partial charge in [0.2, 0.25) is 5.91 Å². The van der Waals surface area contributed by atoms with E-state index >= 15 is 0 Å². The van der Waals surface area contributed by atoms with E-state index in [1.54, 1.807) is 18.2 Å². The molecule has 1 aromatic carbocycles. The van der Waals surface area contributed by atoms with Crippen molar-refractivity contribution in [2.75, 3.05) is 6.54 Å². The third-order valence-electron chi connectivity index (χ3n) is 2.82. The first-order chi connectivity index (χ1) is 10.5. The number of amides is 1. The Balaban J connectivity index is 2.25. The third-order valence-corrected chi connectivity index (χ3v) is 2.82. The fraction of sp³-hybridized carbons (Fsp3) is 0.188. The maximum Gasteiger partial charge on any atom is 0.351 e. The predicted molar refractivity (Wildman–Crippen MR) is 79.6 cm³/mol. The maximum atomic E-state index is 11.4. The van der Waals surface area contributed by atoms with Crippen molar-refractivity contribution in [3.05, 3.63) is 45.8 Å². The van der Waals surface area contributed by atoms with Gasteiger partial charge in [-0.1, -0.05) is 11.8 Å². The highest BCUT2D eigenvalue weighted by molar-refractivity contribution is 5.91. The summed E-state index contributed by atoms with van der Waals surface area (Å²) in [5.74, 6) is 4.36. The Labute approximate surface area is 125 Å². The van der Waals surface area contributed by atoms with Crippen LogP contribution in [0.1, 0.15) is 29.3 Å². The van der Waals surface area contributed by atoms with E-state index in [0.717, 1.165) is 0 Å². The Bertz CT molecular complexity index is 854. The zero-order valence-electron chi connectivity index (χ0n) is 11.8. The molecule has 0 aliphatic heterocycles. The monoisotopic (exact) mass is 299 g/mol. The number of carbonyl (C=O) groups excluding carboxylic acids is 1. The van der Waals surface area contributed by atoms with Crippen molar-refractivity contribution in [2.24, 2.45) is 0 Å². The molecule has 0 bridgehead atoms. The third kappa shape index (κ3) is 3.73. The Morgan fingerprint density at radius 3 is 2.77 bits per heavy atom. The van der Waals surface area contributed by atoms with E-state index in [-0.39, 0.29) is 5.91 Å². The molecule has 1 aromatic heterocycles. The largest absolute Gasteiger partial charge is 0.477 e.